The minimum atomic E-state index is 0.872. The molecule has 8 aromatic carbocycles. The third kappa shape index (κ3) is 7.20. The van der Waals surface area contributed by atoms with Crippen LogP contribution in [0.1, 0.15) is 0 Å². The van der Waals surface area contributed by atoms with E-state index in [1.54, 1.807) is 0 Å². The molecule has 0 N–H and O–H groups in total. The van der Waals surface area contributed by atoms with Gasteiger partial charge >= 0.3 is 0 Å². The first-order chi connectivity index (χ1) is 30.2. The van der Waals surface area contributed by atoms with E-state index < -0.39 is 0 Å². The van der Waals surface area contributed by atoms with Crippen molar-refractivity contribution in [3.05, 3.63) is 231 Å². The summed E-state index contributed by atoms with van der Waals surface area (Å²) >= 11 is 0. The van der Waals surface area contributed by atoms with E-state index in [1.165, 1.54) is 11.1 Å². The fourth-order valence-corrected chi connectivity index (χ4v) is 8.27. The fourth-order valence-electron chi connectivity index (χ4n) is 8.27. The molecule has 0 fully saturated rings. The summed E-state index contributed by atoms with van der Waals surface area (Å²) in [5, 5.41) is 2.19. The molecular formula is C58H38N2O. The minimum absolute atomic E-state index is 0.872. The molecule has 11 aromatic rings. The number of benzene rings is 8. The molecule has 0 saturated carbocycles. The van der Waals surface area contributed by atoms with Crippen molar-refractivity contribution in [1.29, 1.82) is 0 Å². The Kier molecular flexibility index (Phi) is 9.18. The lowest BCUT2D eigenvalue weighted by Crippen LogP contribution is -1.91. The van der Waals surface area contributed by atoms with Gasteiger partial charge < -0.3 is 4.42 Å². The van der Waals surface area contributed by atoms with Crippen molar-refractivity contribution in [2.24, 2.45) is 0 Å². The highest BCUT2D eigenvalue weighted by atomic mass is 16.3. The van der Waals surface area contributed by atoms with Crippen LogP contribution in [0.3, 0.4) is 0 Å². The Hall–Kier alpha value is -8.14. The summed E-state index contributed by atoms with van der Waals surface area (Å²) in [5.74, 6) is 0. The fraction of sp³-hybridized carbons (Fsp3) is 0. The second-order valence-corrected chi connectivity index (χ2v) is 15.4. The lowest BCUT2D eigenvalue weighted by atomic mass is 9.97. The van der Waals surface area contributed by atoms with E-state index in [0.29, 0.717) is 0 Å². The normalized spacial score (nSPS) is 11.3. The molecule has 3 heteroatoms. The predicted octanol–water partition coefficient (Wildman–Crippen LogP) is 15.7. The van der Waals surface area contributed by atoms with Gasteiger partial charge in [-0.15, -0.1) is 0 Å². The lowest BCUT2D eigenvalue weighted by molar-refractivity contribution is 0.669. The molecule has 0 aliphatic rings. The SMILES string of the molecule is c1ccc(-c2cc(-c3ccccc3)nc(-c3ccc(-c4ccc5oc6ccc(-c7ccc(-c8cc(-c9ccccc9)cc(-c9ccccc9)n8)cc7)cc6c5c4)cc3)c2)cc1. The van der Waals surface area contributed by atoms with Gasteiger partial charge in [0.1, 0.15) is 11.2 Å². The second kappa shape index (κ2) is 15.6. The molecule has 0 amide bonds. The smallest absolute Gasteiger partial charge is 0.135 e. The Labute approximate surface area is 354 Å². The van der Waals surface area contributed by atoms with E-state index in [0.717, 1.165) is 100 Å². The number of nitrogens with zero attached hydrogens (tertiary/aromatic N) is 2. The molecule has 3 nitrogen and oxygen atoms in total. The summed E-state index contributed by atoms with van der Waals surface area (Å²) < 4.78 is 6.36. The monoisotopic (exact) mass is 778 g/mol. The van der Waals surface area contributed by atoms with Crippen molar-refractivity contribution in [3.8, 4) is 89.5 Å². The van der Waals surface area contributed by atoms with Crippen molar-refractivity contribution in [2.75, 3.05) is 0 Å². The second-order valence-electron chi connectivity index (χ2n) is 15.4. The van der Waals surface area contributed by atoms with Crippen molar-refractivity contribution < 1.29 is 4.42 Å². The van der Waals surface area contributed by atoms with E-state index >= 15 is 0 Å². The molecule has 0 spiro atoms. The highest BCUT2D eigenvalue weighted by Crippen LogP contribution is 2.37. The van der Waals surface area contributed by atoms with Crippen LogP contribution >= 0.6 is 0 Å². The van der Waals surface area contributed by atoms with Crippen LogP contribution in [0.2, 0.25) is 0 Å². The highest BCUT2D eigenvalue weighted by molar-refractivity contribution is 6.07. The van der Waals surface area contributed by atoms with Gasteiger partial charge in [-0.2, -0.15) is 0 Å². The molecule has 0 unspecified atom stereocenters. The molecular weight excluding hydrogens is 741 g/mol. The van der Waals surface area contributed by atoms with Crippen LogP contribution in [0.4, 0.5) is 0 Å². The number of furan rings is 1. The molecule has 0 radical (unpaired) electrons. The van der Waals surface area contributed by atoms with E-state index in [9.17, 15) is 0 Å². The number of hydrogen-bond acceptors (Lipinski definition) is 3. The van der Waals surface area contributed by atoms with Gasteiger partial charge in [0.15, 0.2) is 0 Å². The van der Waals surface area contributed by atoms with Crippen molar-refractivity contribution in [3.63, 3.8) is 0 Å². The number of aromatic nitrogens is 2. The summed E-state index contributed by atoms with van der Waals surface area (Å²) in [6.07, 6.45) is 0. The molecule has 61 heavy (non-hydrogen) atoms. The van der Waals surface area contributed by atoms with Crippen LogP contribution in [-0.2, 0) is 0 Å². The molecule has 0 atom stereocenters. The first-order valence-corrected chi connectivity index (χ1v) is 20.6. The van der Waals surface area contributed by atoms with Crippen LogP contribution in [0.25, 0.3) is 111 Å². The molecule has 0 saturated heterocycles. The van der Waals surface area contributed by atoms with Crippen LogP contribution in [0.5, 0.6) is 0 Å². The summed E-state index contributed by atoms with van der Waals surface area (Å²) in [6, 6.07) is 81.0. The van der Waals surface area contributed by atoms with Gasteiger partial charge in [0.05, 0.1) is 22.8 Å². The van der Waals surface area contributed by atoms with Gasteiger partial charge in [0.2, 0.25) is 0 Å². The van der Waals surface area contributed by atoms with E-state index in [-0.39, 0.29) is 0 Å². The standard InChI is InChI=1S/C58H38N2O/c1-5-13-39(14-6-1)49-35-53(43-17-9-3-10-18-43)59-55(37-49)45-25-21-41(22-26-45)47-29-31-57-51(33-47)52-34-48(30-32-58(52)61-57)42-23-27-46(28-24-42)56-38-50(40-15-7-2-8-16-40)36-54(60-56)44-19-11-4-12-20-44/h1-38H. The van der Waals surface area contributed by atoms with Crippen LogP contribution in [-0.4, -0.2) is 9.97 Å². The third-order valence-electron chi connectivity index (χ3n) is 11.5. The zero-order valence-electron chi connectivity index (χ0n) is 33.2. The Bertz CT molecular complexity index is 2960. The maximum atomic E-state index is 6.36. The maximum Gasteiger partial charge on any atom is 0.135 e. The lowest BCUT2D eigenvalue weighted by Gasteiger charge is -2.11. The van der Waals surface area contributed by atoms with Gasteiger partial charge in [0.25, 0.3) is 0 Å². The van der Waals surface area contributed by atoms with Gasteiger partial charge in [0, 0.05) is 33.0 Å². The zero-order chi connectivity index (χ0) is 40.5. The third-order valence-corrected chi connectivity index (χ3v) is 11.5. The first-order valence-electron chi connectivity index (χ1n) is 20.6. The average molecular weight is 779 g/mol. The van der Waals surface area contributed by atoms with Gasteiger partial charge in [-0.25, -0.2) is 9.97 Å². The quantitative estimate of drug-likeness (QED) is 0.154. The summed E-state index contributed by atoms with van der Waals surface area (Å²) in [4.78, 5) is 10.3. The number of rotatable bonds is 8. The number of hydrogen-bond donors (Lipinski definition) is 0. The Morgan fingerprint density at radius 3 is 0.820 bits per heavy atom. The van der Waals surface area contributed by atoms with E-state index in [4.69, 9.17) is 14.4 Å². The van der Waals surface area contributed by atoms with Crippen LogP contribution < -0.4 is 0 Å². The van der Waals surface area contributed by atoms with Crippen LogP contribution in [0, 0.1) is 0 Å². The molecule has 286 valence electrons. The number of pyridine rings is 2. The maximum absolute atomic E-state index is 6.36. The molecule has 0 aliphatic heterocycles. The zero-order valence-corrected chi connectivity index (χ0v) is 33.2. The Morgan fingerprint density at radius 2 is 0.475 bits per heavy atom. The summed E-state index contributed by atoms with van der Waals surface area (Å²) in [6.45, 7) is 0. The Morgan fingerprint density at radius 1 is 0.213 bits per heavy atom. The largest absolute Gasteiger partial charge is 0.456 e. The highest BCUT2D eigenvalue weighted by Gasteiger charge is 2.14. The summed E-state index contributed by atoms with van der Waals surface area (Å²) in [5.41, 5.74) is 19.0. The van der Waals surface area contributed by atoms with Gasteiger partial charge in [-0.05, 0) is 93.0 Å². The number of fused-ring (bicyclic) bond motifs is 3. The predicted molar refractivity (Wildman–Crippen MR) is 253 cm³/mol. The van der Waals surface area contributed by atoms with Gasteiger partial charge in [-0.1, -0.05) is 182 Å². The molecule has 3 aromatic heterocycles. The molecule has 0 aliphatic carbocycles. The Balaban J connectivity index is 0.904. The molecule has 3 heterocycles. The van der Waals surface area contributed by atoms with Gasteiger partial charge in [-0.3, -0.25) is 0 Å². The van der Waals surface area contributed by atoms with E-state index in [1.807, 2.05) is 12.1 Å². The minimum Gasteiger partial charge on any atom is -0.456 e. The van der Waals surface area contributed by atoms with Crippen molar-refractivity contribution in [1.82, 2.24) is 9.97 Å². The van der Waals surface area contributed by atoms with Crippen molar-refractivity contribution in [2.45, 2.75) is 0 Å². The summed E-state index contributed by atoms with van der Waals surface area (Å²) in [7, 11) is 0. The molecule has 11 rings (SSSR count). The molecule has 0 bridgehead atoms. The first kappa shape index (κ1) is 36.0. The van der Waals surface area contributed by atoms with Crippen molar-refractivity contribution >= 4 is 21.9 Å². The van der Waals surface area contributed by atoms with E-state index in [2.05, 4.69) is 218 Å². The topological polar surface area (TPSA) is 38.9 Å². The van der Waals surface area contributed by atoms with Crippen LogP contribution in [0.15, 0.2) is 235 Å². The average Bonchev–Trinajstić information content (AvgIpc) is 3.72.